The molecular formula is C31H36BrN3O4S. The Morgan fingerprint density at radius 1 is 0.950 bits per heavy atom. The molecule has 1 saturated carbocycles. The van der Waals surface area contributed by atoms with Crippen molar-refractivity contribution < 1.29 is 18.0 Å². The van der Waals surface area contributed by atoms with Gasteiger partial charge in [-0.1, -0.05) is 89.4 Å². The maximum absolute atomic E-state index is 14.1. The van der Waals surface area contributed by atoms with Crippen LogP contribution in [0.1, 0.15) is 42.4 Å². The number of aryl methyl sites for hydroxylation is 1. The molecule has 0 aliphatic heterocycles. The lowest BCUT2D eigenvalue weighted by Crippen LogP contribution is -2.54. The van der Waals surface area contributed by atoms with Gasteiger partial charge in [0.05, 0.1) is 11.9 Å². The van der Waals surface area contributed by atoms with Crippen molar-refractivity contribution in [3.63, 3.8) is 0 Å². The van der Waals surface area contributed by atoms with Crippen molar-refractivity contribution >= 4 is 43.5 Å². The van der Waals surface area contributed by atoms with Crippen molar-refractivity contribution in [1.82, 2.24) is 10.2 Å². The van der Waals surface area contributed by atoms with Crippen LogP contribution in [0.2, 0.25) is 0 Å². The van der Waals surface area contributed by atoms with Gasteiger partial charge in [0.15, 0.2) is 0 Å². The Labute approximate surface area is 245 Å². The number of hydrogen-bond acceptors (Lipinski definition) is 4. The Morgan fingerprint density at radius 2 is 1.55 bits per heavy atom. The third kappa shape index (κ3) is 7.95. The lowest BCUT2D eigenvalue weighted by Gasteiger charge is -2.34. The molecule has 0 aromatic heterocycles. The summed E-state index contributed by atoms with van der Waals surface area (Å²) in [7, 11) is -3.80. The number of benzene rings is 3. The van der Waals surface area contributed by atoms with Crippen LogP contribution in [0.3, 0.4) is 0 Å². The Hall–Kier alpha value is -3.17. The predicted octanol–water partition coefficient (Wildman–Crippen LogP) is 5.22. The fourth-order valence-electron chi connectivity index (χ4n) is 5.10. The first-order valence-electron chi connectivity index (χ1n) is 13.5. The zero-order valence-corrected chi connectivity index (χ0v) is 25.3. The van der Waals surface area contributed by atoms with Crippen molar-refractivity contribution in [1.29, 1.82) is 0 Å². The molecule has 0 heterocycles. The van der Waals surface area contributed by atoms with Gasteiger partial charge < -0.3 is 10.2 Å². The molecule has 212 valence electrons. The number of nitrogens with one attached hydrogen (secondary N) is 1. The van der Waals surface area contributed by atoms with Crippen LogP contribution in [0.25, 0.3) is 0 Å². The summed E-state index contributed by atoms with van der Waals surface area (Å²) in [5, 5.41) is 3.18. The van der Waals surface area contributed by atoms with Crippen molar-refractivity contribution in [3.05, 3.63) is 100 Å². The van der Waals surface area contributed by atoms with Crippen LogP contribution in [0.5, 0.6) is 0 Å². The highest BCUT2D eigenvalue weighted by Gasteiger charge is 2.34. The SMILES string of the molecule is Cc1cc(N(CC(=O)N(Cc2ccccc2)[C@@H](Cc2ccccc2)C(=O)NC2CCCC2)S(C)(=O)=O)ccc1Br. The third-order valence-electron chi connectivity index (χ3n) is 7.28. The molecular weight excluding hydrogens is 590 g/mol. The average Bonchev–Trinajstić information content (AvgIpc) is 3.44. The van der Waals surface area contributed by atoms with E-state index < -0.39 is 28.5 Å². The first-order chi connectivity index (χ1) is 19.1. The molecule has 3 aromatic rings. The number of carbonyl (C=O) groups excluding carboxylic acids is 2. The highest BCUT2D eigenvalue weighted by atomic mass is 79.9. The molecule has 0 saturated heterocycles. The fraction of sp³-hybridized carbons (Fsp3) is 0.355. The van der Waals surface area contributed by atoms with E-state index in [1.54, 1.807) is 18.2 Å². The highest BCUT2D eigenvalue weighted by molar-refractivity contribution is 9.10. The summed E-state index contributed by atoms with van der Waals surface area (Å²) >= 11 is 3.45. The van der Waals surface area contributed by atoms with E-state index in [0.717, 1.165) is 57.4 Å². The molecule has 9 heteroatoms. The highest BCUT2D eigenvalue weighted by Crippen LogP contribution is 2.26. The second-order valence-electron chi connectivity index (χ2n) is 10.4. The number of hydrogen-bond donors (Lipinski definition) is 1. The van der Waals surface area contributed by atoms with Crippen LogP contribution in [-0.2, 0) is 32.6 Å². The van der Waals surface area contributed by atoms with Crippen molar-refractivity contribution in [2.45, 2.75) is 57.7 Å². The van der Waals surface area contributed by atoms with E-state index in [4.69, 9.17) is 0 Å². The van der Waals surface area contributed by atoms with Gasteiger partial charge in [0.2, 0.25) is 21.8 Å². The van der Waals surface area contributed by atoms with E-state index >= 15 is 0 Å². The van der Waals surface area contributed by atoms with Crippen LogP contribution in [0.4, 0.5) is 5.69 Å². The second kappa shape index (κ2) is 13.5. The van der Waals surface area contributed by atoms with E-state index in [2.05, 4.69) is 21.2 Å². The van der Waals surface area contributed by atoms with Gasteiger partial charge >= 0.3 is 0 Å². The molecule has 4 rings (SSSR count). The minimum absolute atomic E-state index is 0.0812. The monoisotopic (exact) mass is 625 g/mol. The van der Waals surface area contributed by atoms with Gasteiger partial charge in [-0.25, -0.2) is 8.42 Å². The van der Waals surface area contributed by atoms with E-state index in [9.17, 15) is 18.0 Å². The first kappa shape index (κ1) is 29.8. The molecule has 40 heavy (non-hydrogen) atoms. The Morgan fingerprint density at radius 3 is 2.12 bits per heavy atom. The smallest absolute Gasteiger partial charge is 0.244 e. The molecule has 1 N–H and O–H groups in total. The number of carbonyl (C=O) groups is 2. The number of nitrogens with zero attached hydrogens (tertiary/aromatic N) is 2. The van der Waals surface area contributed by atoms with Crippen LogP contribution in [-0.4, -0.2) is 50.0 Å². The van der Waals surface area contributed by atoms with Crippen molar-refractivity contribution in [2.75, 3.05) is 17.1 Å². The maximum atomic E-state index is 14.1. The zero-order chi connectivity index (χ0) is 28.7. The van der Waals surface area contributed by atoms with Gasteiger partial charge in [0.25, 0.3) is 0 Å². The predicted molar refractivity (Wildman–Crippen MR) is 162 cm³/mol. The molecule has 0 spiro atoms. The third-order valence-corrected chi connectivity index (χ3v) is 9.31. The van der Waals surface area contributed by atoms with Gasteiger partial charge in [-0.15, -0.1) is 0 Å². The minimum atomic E-state index is -3.80. The quantitative estimate of drug-likeness (QED) is 0.316. The van der Waals surface area contributed by atoms with Gasteiger partial charge in [0.1, 0.15) is 12.6 Å². The zero-order valence-electron chi connectivity index (χ0n) is 22.9. The number of anilines is 1. The van der Waals surface area contributed by atoms with E-state index in [1.165, 1.54) is 4.90 Å². The molecule has 0 bridgehead atoms. The number of sulfonamides is 1. The summed E-state index contributed by atoms with van der Waals surface area (Å²) in [6.07, 6.45) is 5.37. The average molecular weight is 627 g/mol. The minimum Gasteiger partial charge on any atom is -0.352 e. The van der Waals surface area contributed by atoms with Crippen LogP contribution >= 0.6 is 15.9 Å². The van der Waals surface area contributed by atoms with Gasteiger partial charge in [-0.05, 0) is 54.7 Å². The fourth-order valence-corrected chi connectivity index (χ4v) is 6.19. The molecule has 1 atom stereocenters. The lowest BCUT2D eigenvalue weighted by molar-refractivity contribution is -0.140. The Balaban J connectivity index is 1.71. The summed E-state index contributed by atoms with van der Waals surface area (Å²) in [5.41, 5.74) is 3.01. The number of amides is 2. The van der Waals surface area contributed by atoms with E-state index in [0.29, 0.717) is 12.1 Å². The number of rotatable bonds is 11. The largest absolute Gasteiger partial charge is 0.352 e. The normalized spacial score (nSPS) is 14.5. The topological polar surface area (TPSA) is 86.8 Å². The summed E-state index contributed by atoms with van der Waals surface area (Å²) in [5.74, 6) is -0.664. The van der Waals surface area contributed by atoms with E-state index in [-0.39, 0.29) is 18.5 Å². The van der Waals surface area contributed by atoms with Crippen LogP contribution in [0.15, 0.2) is 83.3 Å². The molecule has 1 aliphatic rings. The molecule has 0 radical (unpaired) electrons. The summed E-state index contributed by atoms with van der Waals surface area (Å²) < 4.78 is 27.8. The molecule has 3 aromatic carbocycles. The maximum Gasteiger partial charge on any atom is 0.244 e. The summed E-state index contributed by atoms with van der Waals surface area (Å²) in [4.78, 5) is 29.5. The Kier molecular flexibility index (Phi) is 10.0. The lowest BCUT2D eigenvalue weighted by atomic mass is 10.0. The van der Waals surface area contributed by atoms with Crippen LogP contribution in [0, 0.1) is 6.92 Å². The van der Waals surface area contributed by atoms with Gasteiger partial charge in [-0.2, -0.15) is 0 Å². The first-order valence-corrected chi connectivity index (χ1v) is 16.2. The molecule has 2 amide bonds. The van der Waals surface area contributed by atoms with Gasteiger partial charge in [-0.3, -0.25) is 13.9 Å². The van der Waals surface area contributed by atoms with Crippen molar-refractivity contribution in [2.24, 2.45) is 0 Å². The van der Waals surface area contributed by atoms with Gasteiger partial charge in [0, 0.05) is 23.5 Å². The molecule has 0 unspecified atom stereocenters. The second-order valence-corrected chi connectivity index (χ2v) is 13.2. The standard InChI is InChI=1S/C31H36BrN3O4S/c1-23-19-27(17-18-28(23)32)35(40(2,38)39)22-30(36)34(21-25-13-7-4-8-14-25)29(20-24-11-5-3-6-12-24)31(37)33-26-15-9-10-16-26/h3-8,11-14,17-19,26,29H,9-10,15-16,20-22H2,1-2H3,(H,33,37)/t29-/m0/s1. The molecule has 1 aliphatic carbocycles. The Bertz CT molecular complexity index is 1410. The van der Waals surface area contributed by atoms with Crippen molar-refractivity contribution in [3.8, 4) is 0 Å². The van der Waals surface area contributed by atoms with Crippen LogP contribution < -0.4 is 9.62 Å². The summed E-state index contributed by atoms with van der Waals surface area (Å²) in [6.45, 7) is 1.61. The molecule has 1 fully saturated rings. The van der Waals surface area contributed by atoms with E-state index in [1.807, 2.05) is 67.6 Å². The number of halogens is 1. The molecule has 7 nitrogen and oxygen atoms in total. The summed E-state index contributed by atoms with van der Waals surface area (Å²) in [6, 6.07) is 23.5.